The largest absolute Gasteiger partial charge is 0.377 e. The minimum absolute atomic E-state index is 0.0551. The van der Waals surface area contributed by atoms with Gasteiger partial charge in [-0.1, -0.05) is 32.6 Å². The molecular formula is C18H32N2O2. The van der Waals surface area contributed by atoms with Gasteiger partial charge in [-0.3, -0.25) is 9.69 Å². The zero-order valence-corrected chi connectivity index (χ0v) is 14.0. The van der Waals surface area contributed by atoms with Gasteiger partial charge in [0.15, 0.2) is 0 Å². The summed E-state index contributed by atoms with van der Waals surface area (Å²) in [6.45, 7) is 3.93. The van der Waals surface area contributed by atoms with E-state index >= 15 is 0 Å². The van der Waals surface area contributed by atoms with E-state index in [4.69, 9.17) is 10.5 Å². The SMILES string of the molecule is CC1CCCCC1OCCN1C(C(N)=O)CC2CCCCC21. The number of fused-ring (bicyclic) bond motifs is 1. The van der Waals surface area contributed by atoms with Crippen molar-refractivity contribution in [3.8, 4) is 0 Å². The van der Waals surface area contributed by atoms with Gasteiger partial charge in [-0.15, -0.1) is 0 Å². The van der Waals surface area contributed by atoms with Gasteiger partial charge in [0.1, 0.15) is 0 Å². The first kappa shape index (κ1) is 16.3. The van der Waals surface area contributed by atoms with E-state index < -0.39 is 0 Å². The Labute approximate surface area is 134 Å². The molecule has 5 atom stereocenters. The number of primary amides is 1. The van der Waals surface area contributed by atoms with Crippen LogP contribution < -0.4 is 5.73 Å². The number of hydrogen-bond donors (Lipinski definition) is 1. The van der Waals surface area contributed by atoms with Crippen LogP contribution in [0.15, 0.2) is 0 Å². The molecule has 2 aliphatic carbocycles. The molecule has 1 amide bonds. The number of carbonyl (C=O) groups excluding carboxylic acids is 1. The Bertz CT molecular complexity index is 387. The fourth-order valence-electron chi connectivity index (χ4n) is 4.99. The molecule has 1 saturated heterocycles. The lowest BCUT2D eigenvalue weighted by Gasteiger charge is -2.34. The number of ether oxygens (including phenoxy) is 1. The molecule has 22 heavy (non-hydrogen) atoms. The minimum Gasteiger partial charge on any atom is -0.377 e. The quantitative estimate of drug-likeness (QED) is 0.849. The second-order valence-corrected chi connectivity index (χ2v) is 7.67. The Kier molecular flexibility index (Phi) is 5.40. The molecule has 0 aromatic rings. The van der Waals surface area contributed by atoms with Gasteiger partial charge in [0.2, 0.25) is 5.91 Å². The van der Waals surface area contributed by atoms with Crippen molar-refractivity contribution in [1.82, 2.24) is 4.90 Å². The summed E-state index contributed by atoms with van der Waals surface area (Å²) in [5, 5.41) is 0. The van der Waals surface area contributed by atoms with Gasteiger partial charge in [0.05, 0.1) is 18.8 Å². The normalized spacial score (nSPS) is 39.6. The van der Waals surface area contributed by atoms with Crippen molar-refractivity contribution in [2.24, 2.45) is 17.6 Å². The van der Waals surface area contributed by atoms with Crippen LogP contribution >= 0.6 is 0 Å². The van der Waals surface area contributed by atoms with Crippen LogP contribution in [0.5, 0.6) is 0 Å². The first-order valence-corrected chi connectivity index (χ1v) is 9.33. The maximum absolute atomic E-state index is 11.8. The molecule has 2 N–H and O–H groups in total. The number of nitrogens with two attached hydrogens (primary N) is 1. The summed E-state index contributed by atoms with van der Waals surface area (Å²) in [5.41, 5.74) is 5.66. The maximum Gasteiger partial charge on any atom is 0.234 e. The van der Waals surface area contributed by atoms with E-state index in [1.54, 1.807) is 0 Å². The van der Waals surface area contributed by atoms with Gasteiger partial charge in [-0.2, -0.15) is 0 Å². The molecule has 0 radical (unpaired) electrons. The van der Waals surface area contributed by atoms with Crippen LogP contribution in [0.4, 0.5) is 0 Å². The smallest absolute Gasteiger partial charge is 0.234 e. The highest BCUT2D eigenvalue weighted by atomic mass is 16.5. The molecule has 5 unspecified atom stereocenters. The summed E-state index contributed by atoms with van der Waals surface area (Å²) in [6, 6.07) is 0.513. The highest BCUT2D eigenvalue weighted by Gasteiger charge is 2.44. The highest BCUT2D eigenvalue weighted by molar-refractivity contribution is 5.80. The Morgan fingerprint density at radius 2 is 1.86 bits per heavy atom. The number of amides is 1. The van der Waals surface area contributed by atoms with Gasteiger partial charge < -0.3 is 10.5 Å². The lowest BCUT2D eigenvalue weighted by Crippen LogP contribution is -2.46. The average molecular weight is 308 g/mol. The molecule has 3 rings (SSSR count). The average Bonchev–Trinajstić information content (AvgIpc) is 2.88. The summed E-state index contributed by atoms with van der Waals surface area (Å²) in [7, 11) is 0. The standard InChI is InChI=1S/C18H32N2O2/c1-13-6-2-5-9-17(13)22-11-10-20-15-8-4-3-7-14(15)12-16(20)18(19)21/h13-17H,2-12H2,1H3,(H2,19,21). The number of rotatable bonds is 5. The van der Waals surface area contributed by atoms with E-state index in [9.17, 15) is 4.79 Å². The Morgan fingerprint density at radius 1 is 1.14 bits per heavy atom. The van der Waals surface area contributed by atoms with E-state index in [0.717, 1.165) is 19.6 Å². The highest BCUT2D eigenvalue weighted by Crippen LogP contribution is 2.39. The van der Waals surface area contributed by atoms with Crippen LogP contribution in [0.1, 0.15) is 64.7 Å². The second-order valence-electron chi connectivity index (χ2n) is 7.67. The fourth-order valence-corrected chi connectivity index (χ4v) is 4.99. The van der Waals surface area contributed by atoms with E-state index in [1.165, 1.54) is 51.4 Å². The lowest BCUT2D eigenvalue weighted by atomic mass is 9.85. The zero-order valence-electron chi connectivity index (χ0n) is 14.0. The van der Waals surface area contributed by atoms with E-state index in [-0.39, 0.29) is 11.9 Å². The van der Waals surface area contributed by atoms with Crippen molar-refractivity contribution < 1.29 is 9.53 Å². The van der Waals surface area contributed by atoms with E-state index in [2.05, 4.69) is 11.8 Å². The summed E-state index contributed by atoms with van der Waals surface area (Å²) in [4.78, 5) is 14.2. The van der Waals surface area contributed by atoms with Crippen LogP contribution in [0.3, 0.4) is 0 Å². The number of carbonyl (C=O) groups is 1. The van der Waals surface area contributed by atoms with Crippen LogP contribution in [0.2, 0.25) is 0 Å². The molecule has 0 spiro atoms. The lowest BCUT2D eigenvalue weighted by molar-refractivity contribution is -0.123. The number of hydrogen-bond acceptors (Lipinski definition) is 3. The van der Waals surface area contributed by atoms with Crippen molar-refractivity contribution in [1.29, 1.82) is 0 Å². The van der Waals surface area contributed by atoms with Crippen LogP contribution in [0, 0.1) is 11.8 Å². The molecule has 3 aliphatic rings. The topological polar surface area (TPSA) is 55.6 Å². The van der Waals surface area contributed by atoms with Crippen molar-refractivity contribution in [3.63, 3.8) is 0 Å². The van der Waals surface area contributed by atoms with Crippen molar-refractivity contribution in [2.75, 3.05) is 13.2 Å². The van der Waals surface area contributed by atoms with E-state index in [1.807, 2.05) is 0 Å². The zero-order chi connectivity index (χ0) is 15.5. The fraction of sp³-hybridized carbons (Fsp3) is 0.944. The first-order valence-electron chi connectivity index (χ1n) is 9.33. The molecule has 126 valence electrons. The molecule has 1 aliphatic heterocycles. The molecule has 4 heteroatoms. The van der Waals surface area contributed by atoms with Crippen LogP contribution in [-0.4, -0.2) is 42.1 Å². The second kappa shape index (κ2) is 7.31. The van der Waals surface area contributed by atoms with Gasteiger partial charge >= 0.3 is 0 Å². The van der Waals surface area contributed by atoms with Crippen molar-refractivity contribution in [2.45, 2.75) is 82.9 Å². The minimum atomic E-state index is -0.138. The summed E-state index contributed by atoms with van der Waals surface area (Å²) < 4.78 is 6.17. The molecule has 4 nitrogen and oxygen atoms in total. The monoisotopic (exact) mass is 308 g/mol. The molecule has 2 saturated carbocycles. The maximum atomic E-state index is 11.8. The summed E-state index contributed by atoms with van der Waals surface area (Å²) in [6.07, 6.45) is 11.6. The van der Waals surface area contributed by atoms with Crippen molar-refractivity contribution >= 4 is 5.91 Å². The molecule has 0 aromatic carbocycles. The van der Waals surface area contributed by atoms with Gasteiger partial charge in [0, 0.05) is 12.6 Å². The molecule has 3 fully saturated rings. The molecule has 1 heterocycles. The molecule has 0 aromatic heterocycles. The van der Waals surface area contributed by atoms with Gasteiger partial charge in [0.25, 0.3) is 0 Å². The van der Waals surface area contributed by atoms with E-state index in [0.29, 0.717) is 24.0 Å². The number of nitrogens with zero attached hydrogens (tertiary/aromatic N) is 1. The summed E-state index contributed by atoms with van der Waals surface area (Å²) in [5.74, 6) is 1.22. The van der Waals surface area contributed by atoms with Crippen LogP contribution in [0.25, 0.3) is 0 Å². The van der Waals surface area contributed by atoms with Gasteiger partial charge in [-0.05, 0) is 43.9 Å². The Morgan fingerprint density at radius 3 is 2.64 bits per heavy atom. The van der Waals surface area contributed by atoms with Crippen LogP contribution in [-0.2, 0) is 9.53 Å². The molecular weight excluding hydrogens is 276 g/mol. The van der Waals surface area contributed by atoms with Crippen molar-refractivity contribution in [3.05, 3.63) is 0 Å². The Balaban J connectivity index is 1.53. The summed E-state index contributed by atoms with van der Waals surface area (Å²) >= 11 is 0. The third kappa shape index (κ3) is 3.48. The van der Waals surface area contributed by atoms with Gasteiger partial charge in [-0.25, -0.2) is 0 Å². The predicted molar refractivity (Wildman–Crippen MR) is 87.4 cm³/mol. The number of likely N-dealkylation sites (tertiary alicyclic amines) is 1. The predicted octanol–water partition coefficient (Wildman–Crippen LogP) is 2.70. The third-order valence-corrected chi connectivity index (χ3v) is 6.26. The third-order valence-electron chi connectivity index (χ3n) is 6.26. The first-order chi connectivity index (χ1) is 10.7. The Hall–Kier alpha value is -0.610. The molecule has 0 bridgehead atoms.